The van der Waals surface area contributed by atoms with E-state index in [-0.39, 0.29) is 11.6 Å². The van der Waals surface area contributed by atoms with E-state index in [2.05, 4.69) is 30.6 Å². The first-order valence-corrected chi connectivity index (χ1v) is 11.9. The van der Waals surface area contributed by atoms with Crippen molar-refractivity contribution < 1.29 is 9.18 Å². The minimum atomic E-state index is -0.523. The van der Waals surface area contributed by atoms with E-state index in [1.165, 1.54) is 18.5 Å². The van der Waals surface area contributed by atoms with E-state index in [0.717, 1.165) is 11.1 Å². The van der Waals surface area contributed by atoms with Gasteiger partial charge in [0.25, 0.3) is 5.91 Å². The maximum atomic E-state index is 13.9. The van der Waals surface area contributed by atoms with Crippen molar-refractivity contribution >= 4 is 28.3 Å². The Hall–Kier alpha value is -5.19. The second-order valence-electron chi connectivity index (χ2n) is 8.91. The number of halogens is 1. The van der Waals surface area contributed by atoms with Gasteiger partial charge in [0.15, 0.2) is 5.65 Å². The molecule has 1 amide bonds. The summed E-state index contributed by atoms with van der Waals surface area (Å²) in [5.41, 5.74) is 11.6. The normalized spacial score (nSPS) is 12.2. The maximum absolute atomic E-state index is 13.9. The third kappa shape index (κ3) is 4.19. The van der Waals surface area contributed by atoms with Gasteiger partial charge in [-0.25, -0.2) is 14.4 Å². The van der Waals surface area contributed by atoms with E-state index in [9.17, 15) is 9.18 Å². The number of fused-ring (bicyclic) bond motifs is 2. The lowest BCUT2D eigenvalue weighted by Crippen LogP contribution is -2.29. The number of aromatic amines is 1. The van der Waals surface area contributed by atoms with Gasteiger partial charge in [-0.1, -0.05) is 30.3 Å². The molecule has 2 aromatic carbocycles. The number of carbonyl (C=O) groups excluding carboxylic acids is 1. The molecule has 1 unspecified atom stereocenters. The highest BCUT2D eigenvalue weighted by Crippen LogP contribution is 2.31. The van der Waals surface area contributed by atoms with Crippen molar-refractivity contribution in [3.05, 3.63) is 102 Å². The SMILES string of the molecule is CC(NC(=O)c1ncn[nH]1)c1nc2c(-c3cnc4ccc(F)cc4c3)cnn2c(N)c1Cc1ccccc1. The van der Waals surface area contributed by atoms with Gasteiger partial charge in [-0.3, -0.25) is 14.9 Å². The van der Waals surface area contributed by atoms with Crippen LogP contribution >= 0.6 is 0 Å². The number of nitrogens with two attached hydrogens (primary N) is 1. The largest absolute Gasteiger partial charge is 0.383 e. The molecule has 0 radical (unpaired) electrons. The van der Waals surface area contributed by atoms with E-state index in [0.29, 0.717) is 45.6 Å². The van der Waals surface area contributed by atoms with Gasteiger partial charge in [0.2, 0.25) is 5.82 Å². The van der Waals surface area contributed by atoms with Crippen LogP contribution in [-0.2, 0) is 6.42 Å². The molecule has 0 spiro atoms. The summed E-state index contributed by atoms with van der Waals surface area (Å²) in [6.07, 6.45) is 5.11. The van der Waals surface area contributed by atoms with Gasteiger partial charge in [0.05, 0.1) is 23.4 Å². The summed E-state index contributed by atoms with van der Waals surface area (Å²) in [7, 11) is 0. The number of amides is 1. The molecule has 4 heterocycles. The monoisotopic (exact) mass is 507 g/mol. The van der Waals surface area contributed by atoms with E-state index >= 15 is 0 Å². The van der Waals surface area contributed by atoms with Gasteiger partial charge in [0, 0.05) is 34.7 Å². The zero-order valence-corrected chi connectivity index (χ0v) is 20.3. The Morgan fingerprint density at radius 1 is 1.13 bits per heavy atom. The van der Waals surface area contributed by atoms with Gasteiger partial charge in [-0.05, 0) is 36.8 Å². The number of nitrogens with one attached hydrogen (secondary N) is 2. The van der Waals surface area contributed by atoms with E-state index in [1.807, 2.05) is 43.3 Å². The number of pyridine rings is 1. The Morgan fingerprint density at radius 2 is 1.97 bits per heavy atom. The Kier molecular flexibility index (Phi) is 5.72. The number of rotatable bonds is 6. The topological polar surface area (TPSA) is 140 Å². The second-order valence-corrected chi connectivity index (χ2v) is 8.91. The van der Waals surface area contributed by atoms with Crippen LogP contribution in [0.4, 0.5) is 10.2 Å². The van der Waals surface area contributed by atoms with Crippen molar-refractivity contribution in [2.24, 2.45) is 0 Å². The molecule has 0 fully saturated rings. The van der Waals surface area contributed by atoms with E-state index in [4.69, 9.17) is 10.7 Å². The van der Waals surface area contributed by atoms with Crippen LogP contribution in [-0.4, -0.2) is 40.7 Å². The quantitative estimate of drug-likeness (QED) is 0.311. The Bertz CT molecular complexity index is 1780. The Morgan fingerprint density at radius 3 is 2.76 bits per heavy atom. The Balaban J connectivity index is 1.49. The summed E-state index contributed by atoms with van der Waals surface area (Å²) < 4.78 is 15.5. The molecule has 4 aromatic heterocycles. The van der Waals surface area contributed by atoms with E-state index < -0.39 is 11.9 Å². The van der Waals surface area contributed by atoms with Crippen LogP contribution < -0.4 is 11.1 Å². The fourth-order valence-electron chi connectivity index (χ4n) is 4.51. The predicted octanol–water partition coefficient (Wildman–Crippen LogP) is 3.87. The van der Waals surface area contributed by atoms with Crippen LogP contribution in [0.15, 0.2) is 73.3 Å². The van der Waals surface area contributed by atoms with Crippen molar-refractivity contribution in [2.45, 2.75) is 19.4 Å². The van der Waals surface area contributed by atoms with Gasteiger partial charge < -0.3 is 11.1 Å². The lowest BCUT2D eigenvalue weighted by molar-refractivity contribution is 0.0929. The van der Waals surface area contributed by atoms with Crippen molar-refractivity contribution in [1.29, 1.82) is 0 Å². The lowest BCUT2D eigenvalue weighted by Gasteiger charge is -2.19. The summed E-state index contributed by atoms with van der Waals surface area (Å²) in [5, 5.41) is 14.4. The van der Waals surface area contributed by atoms with Gasteiger partial charge >= 0.3 is 0 Å². The van der Waals surface area contributed by atoms with Crippen LogP contribution in [0.3, 0.4) is 0 Å². The molecule has 0 bridgehead atoms. The number of hydrogen-bond donors (Lipinski definition) is 3. The molecule has 11 heteroatoms. The first kappa shape index (κ1) is 23.2. The summed E-state index contributed by atoms with van der Waals surface area (Å²) >= 11 is 0. The number of anilines is 1. The molecule has 6 aromatic rings. The van der Waals surface area contributed by atoms with Gasteiger partial charge in [-0.15, -0.1) is 0 Å². The first-order chi connectivity index (χ1) is 18.5. The molecule has 0 aliphatic carbocycles. The van der Waals surface area contributed by atoms with Crippen molar-refractivity contribution in [2.75, 3.05) is 5.73 Å². The standard InChI is InChI=1S/C27H22FN9O/c1-15(34-27(38)25-31-14-32-36-25)23-20(9-16-5-3-2-4-6-16)24(29)37-26(35-23)21(13-33-37)18-10-17-11-19(28)7-8-22(17)30-12-18/h2-8,10-15H,9,29H2,1H3,(H,34,38)(H,31,32,36). The van der Waals surface area contributed by atoms with Crippen LogP contribution in [0, 0.1) is 5.82 Å². The highest BCUT2D eigenvalue weighted by atomic mass is 19.1. The molecule has 1 atom stereocenters. The number of benzene rings is 2. The maximum Gasteiger partial charge on any atom is 0.289 e. The third-order valence-corrected chi connectivity index (χ3v) is 6.38. The zero-order valence-electron chi connectivity index (χ0n) is 20.3. The number of nitrogen functional groups attached to an aromatic ring is 1. The number of carbonyl (C=O) groups is 1. The van der Waals surface area contributed by atoms with Crippen LogP contribution in [0.5, 0.6) is 0 Å². The van der Waals surface area contributed by atoms with Crippen molar-refractivity contribution in [1.82, 2.24) is 40.1 Å². The average Bonchev–Trinajstić information content (AvgIpc) is 3.61. The predicted molar refractivity (Wildman–Crippen MR) is 140 cm³/mol. The molecular weight excluding hydrogens is 485 g/mol. The van der Waals surface area contributed by atoms with Crippen LogP contribution in [0.1, 0.15) is 40.4 Å². The Labute approximate surface area is 215 Å². The van der Waals surface area contributed by atoms with Gasteiger partial charge in [-0.2, -0.15) is 14.7 Å². The third-order valence-electron chi connectivity index (χ3n) is 6.38. The van der Waals surface area contributed by atoms with Crippen molar-refractivity contribution in [3.8, 4) is 11.1 Å². The molecule has 6 rings (SSSR count). The summed E-state index contributed by atoms with van der Waals surface area (Å²) in [6, 6.07) is 15.6. The number of H-pyrrole nitrogens is 1. The molecule has 4 N–H and O–H groups in total. The minimum Gasteiger partial charge on any atom is -0.383 e. The molecule has 0 aliphatic heterocycles. The molecule has 188 valence electrons. The first-order valence-electron chi connectivity index (χ1n) is 11.9. The zero-order chi connectivity index (χ0) is 26.2. The number of nitrogens with zero attached hydrogens (tertiary/aromatic N) is 6. The second kappa shape index (κ2) is 9.36. The number of aromatic nitrogens is 7. The fraction of sp³-hybridized carbons (Fsp3) is 0.111. The molecular formula is C27H22FN9O. The summed E-state index contributed by atoms with van der Waals surface area (Å²) in [5.74, 6) is -0.270. The molecule has 0 saturated heterocycles. The van der Waals surface area contributed by atoms with Crippen LogP contribution in [0.2, 0.25) is 0 Å². The smallest absolute Gasteiger partial charge is 0.289 e. The van der Waals surface area contributed by atoms with E-state index in [1.54, 1.807) is 23.0 Å². The van der Waals surface area contributed by atoms with Crippen LogP contribution in [0.25, 0.3) is 27.7 Å². The fourth-order valence-corrected chi connectivity index (χ4v) is 4.51. The minimum absolute atomic E-state index is 0.0926. The molecule has 0 aliphatic rings. The molecule has 10 nitrogen and oxygen atoms in total. The average molecular weight is 508 g/mol. The van der Waals surface area contributed by atoms with Crippen molar-refractivity contribution in [3.63, 3.8) is 0 Å². The summed E-state index contributed by atoms with van der Waals surface area (Å²) in [6.45, 7) is 1.83. The lowest BCUT2D eigenvalue weighted by atomic mass is 10.00. The molecule has 0 saturated carbocycles. The van der Waals surface area contributed by atoms with Gasteiger partial charge in [0.1, 0.15) is 18.0 Å². The highest BCUT2D eigenvalue weighted by molar-refractivity contribution is 5.90. The molecule has 38 heavy (non-hydrogen) atoms. The number of hydrogen-bond acceptors (Lipinski definition) is 7. The highest BCUT2D eigenvalue weighted by Gasteiger charge is 2.23. The summed E-state index contributed by atoms with van der Waals surface area (Å²) in [4.78, 5) is 26.1.